The fraction of sp³-hybridized carbons (Fsp3) is 0.500. The maximum Gasteiger partial charge on any atom is 1.00 e. The van der Waals surface area contributed by atoms with Crippen molar-refractivity contribution in [1.29, 1.82) is 0 Å². The van der Waals surface area contributed by atoms with Gasteiger partial charge in [0.15, 0.2) is 0 Å². The topological polar surface area (TPSA) is 266 Å². The van der Waals surface area contributed by atoms with Gasteiger partial charge in [0, 0.05) is 33.3 Å². The first-order chi connectivity index (χ1) is 44.8. The molecule has 0 saturated carbocycles. The van der Waals surface area contributed by atoms with Crippen LogP contribution in [0, 0.1) is 17.8 Å². The van der Waals surface area contributed by atoms with Gasteiger partial charge in [-0.3, -0.25) is 34.1 Å². The van der Waals surface area contributed by atoms with Crippen LogP contribution in [0.5, 0.6) is 0 Å². The van der Waals surface area contributed by atoms with Crippen LogP contribution in [0.2, 0.25) is 0 Å². The minimum atomic E-state index is -1.54. The molecule has 11 rings (SSSR count). The summed E-state index contributed by atoms with van der Waals surface area (Å²) in [6, 6.07) is 23.4. The number of hydrogen-bond acceptors (Lipinski definition) is 19. The normalized spacial score (nSPS) is 18.2. The van der Waals surface area contributed by atoms with E-state index in [1.165, 1.54) is 67.9 Å². The molecule has 0 bridgehead atoms. The molecule has 3 aliphatic rings. The monoisotopic (exact) mass is 1380 g/mol. The number of carbonyl (C=O) groups is 4. The molecule has 8 N–H and O–H groups in total. The van der Waals surface area contributed by atoms with Crippen LogP contribution >= 0.6 is 34.0 Å². The minimum Gasteiger partial charge on any atom is -1.00 e. The molecule has 2 saturated heterocycles. The number of nitrogen functional groups attached to an aromatic ring is 2. The Hall–Kier alpha value is -6.32. The van der Waals surface area contributed by atoms with Crippen LogP contribution in [0.4, 0.5) is 23.0 Å². The van der Waals surface area contributed by atoms with Crippen molar-refractivity contribution in [2.75, 3.05) is 84.0 Å². The molecule has 8 aromatic rings. The van der Waals surface area contributed by atoms with Crippen molar-refractivity contribution in [2.24, 2.45) is 22.7 Å². The van der Waals surface area contributed by atoms with Gasteiger partial charge in [0.25, 0.3) is 0 Å². The first-order valence-electron chi connectivity index (χ1n) is 33.0. The molecule has 3 aromatic carbocycles. The van der Waals surface area contributed by atoms with E-state index in [4.69, 9.17) is 36.5 Å². The zero-order valence-corrected chi connectivity index (χ0v) is 64.6. The summed E-state index contributed by atoms with van der Waals surface area (Å²) in [5.74, 6) is -1.17. The van der Waals surface area contributed by atoms with Gasteiger partial charge >= 0.3 is 53.2 Å². The van der Waals surface area contributed by atoms with Gasteiger partial charge in [-0.2, -0.15) is 0 Å². The second-order valence-electron chi connectivity index (χ2n) is 27.7. The van der Waals surface area contributed by atoms with Gasteiger partial charge in [-0.25, -0.2) is 29.7 Å². The molecule has 2 fully saturated rings. The smallest absolute Gasteiger partial charge is 1.00 e. The number of nitrogens with one attached hydrogen (secondary N) is 3. The number of aliphatic imine (C=N–C) groups is 1. The van der Waals surface area contributed by atoms with Crippen LogP contribution in [-0.2, 0) is 48.6 Å². The summed E-state index contributed by atoms with van der Waals surface area (Å²) in [5.41, 5.74) is 21.7. The summed E-state index contributed by atoms with van der Waals surface area (Å²) in [7, 11) is 12.6. The second-order valence-corrected chi connectivity index (χ2v) is 30.8. The van der Waals surface area contributed by atoms with Crippen molar-refractivity contribution in [1.82, 2.24) is 49.8 Å². The Morgan fingerprint density at radius 3 is 1.52 bits per heavy atom. The maximum absolute atomic E-state index is 13.4. The largest absolute Gasteiger partial charge is 1.00 e. The van der Waals surface area contributed by atoms with Crippen molar-refractivity contribution in [3.8, 4) is 0 Å². The van der Waals surface area contributed by atoms with Crippen molar-refractivity contribution in [2.45, 2.75) is 156 Å². The Balaban J connectivity index is 0.000000245. The van der Waals surface area contributed by atoms with Crippen molar-refractivity contribution < 1.29 is 55.3 Å². The predicted octanol–water partition coefficient (Wildman–Crippen LogP) is 10.0. The molecule has 0 unspecified atom stereocenters. The molecule has 0 aliphatic carbocycles. The zero-order valence-electron chi connectivity index (χ0n) is 61.2. The average molecular weight is 1390 g/mol. The van der Waals surface area contributed by atoms with Crippen LogP contribution < -0.4 is 57.0 Å². The number of nitrogens with two attached hydrogens (primary N) is 2. The van der Waals surface area contributed by atoms with E-state index in [2.05, 4.69) is 200 Å². The fourth-order valence-electron chi connectivity index (χ4n) is 11.1. The number of pyridine rings is 2. The third-order valence-corrected chi connectivity index (χ3v) is 23.2. The quantitative estimate of drug-likeness (QED) is 0.0463. The van der Waals surface area contributed by atoms with Gasteiger partial charge in [0.05, 0.1) is 77.1 Å². The zero-order chi connectivity index (χ0) is 69.4. The summed E-state index contributed by atoms with van der Waals surface area (Å²) in [5, 5.41) is 20.4. The molecule has 0 spiro atoms. The second kappa shape index (κ2) is 34.2. The number of rotatable bonds is 13. The van der Waals surface area contributed by atoms with Gasteiger partial charge in [-0.05, 0) is 236 Å². The fourth-order valence-corrected chi connectivity index (χ4v) is 14.5. The summed E-state index contributed by atoms with van der Waals surface area (Å²) < 4.78 is 3.67. The van der Waals surface area contributed by atoms with E-state index in [9.17, 15) is 19.2 Å². The van der Waals surface area contributed by atoms with Crippen LogP contribution in [0.1, 0.15) is 171 Å². The number of aryl methyl sites for hydroxylation is 2. The third kappa shape index (κ3) is 19.6. The summed E-state index contributed by atoms with van der Waals surface area (Å²) in [4.78, 5) is 83.3. The first kappa shape index (κ1) is 79.7. The Morgan fingerprint density at radius 2 is 1.07 bits per heavy atom. The van der Waals surface area contributed by atoms with Gasteiger partial charge in [-0.15, -0.1) is 34.0 Å². The number of carboxylic acids is 1. The molecule has 5 aromatic heterocycles. The van der Waals surface area contributed by atoms with E-state index < -0.39 is 23.7 Å². The Labute approximate surface area is 611 Å². The molecule has 515 valence electrons. The van der Waals surface area contributed by atoms with E-state index in [-0.39, 0.29) is 62.1 Å². The number of carboxylic acid groups (broad SMARTS) is 1. The number of nitrogens with zero attached hydrogens (tertiary/aromatic N) is 10. The van der Waals surface area contributed by atoms with Crippen molar-refractivity contribution in [3.05, 3.63) is 122 Å². The number of aliphatic carboxylic acids is 1. The number of fused-ring (bicyclic) bond motifs is 3. The van der Waals surface area contributed by atoms with E-state index >= 15 is 0 Å². The number of anilines is 4. The number of benzene rings is 3. The minimum absolute atomic E-state index is 0. The molecule has 3 amide bonds. The van der Waals surface area contributed by atoms with Crippen LogP contribution in [0.25, 0.3) is 30.6 Å². The molecule has 5 atom stereocenters. The summed E-state index contributed by atoms with van der Waals surface area (Å²) in [6.07, 6.45) is 10.8. The number of amides is 3. The molecule has 3 aliphatic heterocycles. The van der Waals surface area contributed by atoms with E-state index in [1.54, 1.807) is 39.7 Å². The van der Waals surface area contributed by atoms with Crippen molar-refractivity contribution in [3.63, 3.8) is 0 Å². The summed E-state index contributed by atoms with van der Waals surface area (Å²) in [6.45, 7) is 26.4. The number of hydrogen-bond donors (Lipinski definition) is 6. The van der Waals surface area contributed by atoms with Gasteiger partial charge in [0.1, 0.15) is 26.7 Å². The molecule has 25 heteroatoms. The Bertz CT molecular complexity index is 4070. The molecule has 20 nitrogen and oxygen atoms in total. The summed E-state index contributed by atoms with van der Waals surface area (Å²) >= 11 is 5.30. The van der Waals surface area contributed by atoms with Gasteiger partial charge < -0.3 is 38.9 Å². The van der Waals surface area contributed by atoms with Crippen LogP contribution in [0.15, 0.2) is 84.1 Å². The Morgan fingerprint density at radius 1 is 0.619 bits per heavy atom. The molecule has 3 radical (unpaired) electrons. The SMILES string of the molecule is CCc1cc(NC(=O)C(=O)N2C[C@@H](C)CC[C@@H]2c2ccc3sc(C(C)(C)N(C)C)nc3c2)cnc1N.CCc1cc(NC(=O)C(=O)O)cnc1N.C[C@H]1CCC(c2ccc3sc(C(C)(C)N(C)C)nc3c2)=NC1.C[C@H]1CC[C@H](c2ccc3sc(C(C)(C)N(C)C)nc3c2)NC1.[B].[H-].[Na+]. The predicted molar refractivity (Wildman–Crippen MR) is 399 cm³/mol. The average Bonchev–Trinajstić information content (AvgIpc) is 1.60. The van der Waals surface area contributed by atoms with E-state index in [0.717, 1.165) is 87.1 Å². The number of thiazole rings is 3. The first-order valence-corrected chi connectivity index (χ1v) is 35.4. The molecule has 8 heterocycles. The van der Waals surface area contributed by atoms with Gasteiger partial charge in [-0.1, -0.05) is 52.8 Å². The third-order valence-electron chi connectivity index (χ3n) is 19.1. The molecular weight excluding hydrogens is 1280 g/mol. The number of piperidine rings is 2. The van der Waals surface area contributed by atoms with Gasteiger partial charge in [0.2, 0.25) is 0 Å². The van der Waals surface area contributed by atoms with E-state index in [0.29, 0.717) is 54.4 Å². The van der Waals surface area contributed by atoms with E-state index in [1.807, 2.05) is 25.2 Å². The Kier molecular flexibility index (Phi) is 28.1. The standard InChI is InChI=1S/C27H36N6O2S.C18H27N3S.C18H25N3S.C9H11N3O3.B.Na.H/c1-7-17-12-19(14-29-23(17)28)30-24(34)25(35)33-15-16(2)8-10-21(33)18-9-11-22-20(13-18)31-26(36-22)27(3,4)32(5)6;2*1-12-6-8-14(19-11-12)13-7-9-16-15(10-13)20-17(22-16)18(2,3)21(4)5;1-2-5-3-6(4-11-7(5)10)12-8(13)9(14)15;;;/h9,11-14,16,21H,7-8,10,15H2,1-6H3,(H2,28,29)(H,30,34);7,9-10,12,14,19H,6,8,11H2,1-5H3;7,9-10,12H,6,8,11H2,1-5H3;3-4H,2H2,1H3,(H2,10,11)(H,12,13)(H,14,15);;;/q;;;;;+1;-1/t16-,21+;12-,14+;12-;;;;/m000..../s1. The molecule has 97 heavy (non-hydrogen) atoms. The van der Waals surface area contributed by atoms with Crippen molar-refractivity contribution >= 4 is 125 Å². The number of likely N-dealkylation sites (tertiary alicyclic amines) is 1. The molecular formula is C72H100BN15NaO5S3. The van der Waals surface area contributed by atoms with Crippen LogP contribution in [-0.4, -0.2) is 149 Å². The number of aromatic nitrogens is 5. The maximum atomic E-state index is 13.4. The number of carbonyl (C=O) groups excluding carboxylic acids is 3. The van der Waals surface area contributed by atoms with Crippen LogP contribution in [0.3, 0.4) is 0 Å².